The summed E-state index contributed by atoms with van der Waals surface area (Å²) in [6, 6.07) is 8.94. The van der Waals surface area contributed by atoms with Gasteiger partial charge in [-0.2, -0.15) is 0 Å². The van der Waals surface area contributed by atoms with Crippen LogP contribution in [0.1, 0.15) is 31.0 Å². The maximum Gasteiger partial charge on any atom is 0.258 e. The van der Waals surface area contributed by atoms with E-state index in [0.29, 0.717) is 24.2 Å². The van der Waals surface area contributed by atoms with Gasteiger partial charge in [0.15, 0.2) is 0 Å². The van der Waals surface area contributed by atoms with Gasteiger partial charge >= 0.3 is 0 Å². The van der Waals surface area contributed by atoms with Gasteiger partial charge in [0.2, 0.25) is 5.91 Å². The Balaban J connectivity index is 1.29. The van der Waals surface area contributed by atoms with E-state index < -0.39 is 6.04 Å². The fraction of sp³-hybridized carbons (Fsp3) is 0.520. The van der Waals surface area contributed by atoms with E-state index in [-0.39, 0.29) is 41.8 Å². The van der Waals surface area contributed by atoms with E-state index >= 15 is 0 Å². The number of carbonyl (C=O) groups excluding carboxylic acids is 1. The zero-order chi connectivity index (χ0) is 22.9. The lowest BCUT2D eigenvalue weighted by Crippen LogP contribution is -2.48. The van der Waals surface area contributed by atoms with Crippen LogP contribution in [-0.2, 0) is 11.3 Å². The molecule has 4 atom stereocenters. The van der Waals surface area contributed by atoms with Crippen LogP contribution in [0.5, 0.6) is 0 Å². The second-order valence-electron chi connectivity index (χ2n) is 9.42. The molecule has 176 valence electrons. The van der Waals surface area contributed by atoms with Crippen molar-refractivity contribution in [3.63, 3.8) is 0 Å². The average Bonchev–Trinajstić information content (AvgIpc) is 3.37. The number of piperidine rings is 1. The number of amides is 1. The van der Waals surface area contributed by atoms with Crippen molar-refractivity contribution in [3.8, 4) is 11.1 Å². The first-order chi connectivity index (χ1) is 16.1. The second kappa shape index (κ2) is 9.37. The van der Waals surface area contributed by atoms with Crippen molar-refractivity contribution in [1.29, 1.82) is 0 Å². The van der Waals surface area contributed by atoms with Crippen LogP contribution >= 0.6 is 0 Å². The van der Waals surface area contributed by atoms with Crippen LogP contribution in [-0.4, -0.2) is 59.3 Å². The first-order valence-electron chi connectivity index (χ1n) is 11.9. The van der Waals surface area contributed by atoms with E-state index in [1.807, 2.05) is 6.07 Å². The molecule has 33 heavy (non-hydrogen) atoms. The maximum absolute atomic E-state index is 13.3. The molecule has 5 rings (SSSR count). The zero-order valence-electron chi connectivity index (χ0n) is 18.7. The Morgan fingerprint density at radius 1 is 1.12 bits per heavy atom. The first kappa shape index (κ1) is 22.3. The summed E-state index contributed by atoms with van der Waals surface area (Å²) in [5, 5.41) is 16.6. The molecule has 2 saturated heterocycles. The van der Waals surface area contributed by atoms with Gasteiger partial charge in [-0.1, -0.05) is 18.6 Å². The molecule has 0 unspecified atom stereocenters. The van der Waals surface area contributed by atoms with Crippen LogP contribution in [0.2, 0.25) is 0 Å². The number of halogens is 1. The zero-order valence-corrected chi connectivity index (χ0v) is 18.7. The topological polar surface area (TPSA) is 86.6 Å². The number of pyridine rings is 1. The van der Waals surface area contributed by atoms with Crippen molar-refractivity contribution < 1.29 is 14.3 Å². The minimum Gasteiger partial charge on any atom is -0.396 e. The molecule has 0 saturated carbocycles. The van der Waals surface area contributed by atoms with E-state index in [2.05, 4.69) is 15.5 Å². The van der Waals surface area contributed by atoms with Crippen LogP contribution in [0.4, 0.5) is 4.39 Å². The molecular weight excluding hydrogens is 423 g/mol. The van der Waals surface area contributed by atoms with Crippen LogP contribution in [0.15, 0.2) is 41.2 Å². The van der Waals surface area contributed by atoms with Crippen LogP contribution < -0.4 is 16.2 Å². The molecule has 4 heterocycles. The third-order valence-electron chi connectivity index (χ3n) is 7.51. The number of hydrogen-bond acceptors (Lipinski definition) is 5. The number of nitrogens with zero attached hydrogens (tertiary/aromatic N) is 2. The summed E-state index contributed by atoms with van der Waals surface area (Å²) in [4.78, 5) is 28.5. The van der Waals surface area contributed by atoms with Gasteiger partial charge in [-0.15, -0.1) is 0 Å². The minimum absolute atomic E-state index is 0.0380. The van der Waals surface area contributed by atoms with Crippen molar-refractivity contribution >= 4 is 5.91 Å². The number of rotatable bonds is 6. The van der Waals surface area contributed by atoms with Crippen molar-refractivity contribution in [2.75, 3.05) is 32.8 Å². The van der Waals surface area contributed by atoms with Crippen LogP contribution in [0.25, 0.3) is 11.1 Å². The first-order valence-corrected chi connectivity index (χ1v) is 11.9. The number of aliphatic hydroxyl groups excluding tert-OH is 1. The summed E-state index contributed by atoms with van der Waals surface area (Å²) in [5.41, 5.74) is 1.89. The Morgan fingerprint density at radius 2 is 1.88 bits per heavy atom. The Labute approximate surface area is 192 Å². The molecule has 0 aliphatic carbocycles. The molecule has 2 aromatic rings. The highest BCUT2D eigenvalue weighted by Crippen LogP contribution is 2.42. The maximum atomic E-state index is 13.3. The quantitative estimate of drug-likeness (QED) is 0.616. The van der Waals surface area contributed by atoms with Gasteiger partial charge in [0.05, 0.1) is 12.1 Å². The lowest BCUT2D eigenvalue weighted by atomic mass is 9.88. The molecule has 3 aliphatic heterocycles. The minimum atomic E-state index is -0.480. The van der Waals surface area contributed by atoms with Gasteiger partial charge in [0.25, 0.3) is 5.56 Å². The Morgan fingerprint density at radius 3 is 2.61 bits per heavy atom. The van der Waals surface area contributed by atoms with Gasteiger partial charge < -0.3 is 19.9 Å². The second-order valence-corrected chi connectivity index (χ2v) is 9.42. The van der Waals surface area contributed by atoms with Crippen molar-refractivity contribution in [1.82, 2.24) is 20.1 Å². The summed E-state index contributed by atoms with van der Waals surface area (Å²) < 4.78 is 15.0. The summed E-state index contributed by atoms with van der Waals surface area (Å²) in [6.45, 7) is 3.95. The summed E-state index contributed by atoms with van der Waals surface area (Å²) in [6.07, 6.45) is 3.72. The summed E-state index contributed by atoms with van der Waals surface area (Å²) in [5.74, 6) is -0.732. The SMILES string of the molecule is O=C(NCCN1CCCCC1)[C@H]1N[C@H]2c3ccc(-c4ccc(F)cc4)c(=O)n3C[C@H]2[C@@H]1CO. The average molecular weight is 455 g/mol. The van der Waals surface area contributed by atoms with Crippen molar-refractivity contribution in [2.45, 2.75) is 37.9 Å². The number of fused-ring (bicyclic) bond motifs is 3. The molecule has 1 aromatic heterocycles. The highest BCUT2D eigenvalue weighted by molar-refractivity contribution is 5.82. The molecule has 1 amide bonds. The molecule has 8 heteroatoms. The van der Waals surface area contributed by atoms with Gasteiger partial charge in [0, 0.05) is 49.3 Å². The number of aliphatic hydroxyl groups is 1. The predicted octanol–water partition coefficient (Wildman–Crippen LogP) is 1.51. The number of nitrogens with one attached hydrogen (secondary N) is 2. The molecular formula is C25H31FN4O3. The normalized spacial score (nSPS) is 26.7. The number of carbonyl (C=O) groups is 1. The van der Waals surface area contributed by atoms with E-state index in [4.69, 9.17) is 0 Å². The lowest BCUT2D eigenvalue weighted by molar-refractivity contribution is -0.124. The number of aromatic nitrogens is 1. The van der Waals surface area contributed by atoms with Crippen LogP contribution in [0.3, 0.4) is 0 Å². The molecule has 0 radical (unpaired) electrons. The van der Waals surface area contributed by atoms with Crippen LogP contribution in [0, 0.1) is 17.7 Å². The predicted molar refractivity (Wildman–Crippen MR) is 123 cm³/mol. The number of benzene rings is 1. The monoisotopic (exact) mass is 454 g/mol. The molecule has 3 aliphatic rings. The third kappa shape index (κ3) is 4.23. The summed E-state index contributed by atoms with van der Waals surface area (Å²) in [7, 11) is 0. The van der Waals surface area contributed by atoms with E-state index in [1.54, 1.807) is 22.8 Å². The molecule has 2 fully saturated rings. The molecule has 3 N–H and O–H groups in total. The lowest BCUT2D eigenvalue weighted by Gasteiger charge is -2.27. The standard InChI is InChI=1S/C25H31FN4O3/c26-17-6-4-16(5-7-17)18-8-9-21-22-19(14-30(21)25(18)33)20(15-31)23(28-22)24(32)27-10-13-29-11-2-1-3-12-29/h4-9,19-20,22-23,28,31H,1-3,10-15H2,(H,27,32)/t19-,20-,22+,23-/m0/s1. The van der Waals surface area contributed by atoms with Gasteiger partial charge in [0.1, 0.15) is 5.82 Å². The van der Waals surface area contributed by atoms with Crippen molar-refractivity contribution in [2.24, 2.45) is 11.8 Å². The highest BCUT2D eigenvalue weighted by Gasteiger charge is 2.50. The molecule has 0 spiro atoms. The molecule has 7 nitrogen and oxygen atoms in total. The fourth-order valence-corrected chi connectivity index (χ4v) is 5.73. The van der Waals surface area contributed by atoms with E-state index in [0.717, 1.165) is 25.3 Å². The van der Waals surface area contributed by atoms with Crippen molar-refractivity contribution in [3.05, 3.63) is 58.3 Å². The Bertz CT molecular complexity index is 1060. The molecule has 0 bridgehead atoms. The Hall–Kier alpha value is -2.55. The van der Waals surface area contributed by atoms with E-state index in [1.165, 1.54) is 31.4 Å². The number of likely N-dealkylation sites (tertiary alicyclic amines) is 1. The third-order valence-corrected chi connectivity index (χ3v) is 7.51. The smallest absolute Gasteiger partial charge is 0.258 e. The Kier molecular flexibility index (Phi) is 6.32. The van der Waals surface area contributed by atoms with Gasteiger partial charge in [-0.3, -0.25) is 14.9 Å². The molecule has 1 aromatic carbocycles. The van der Waals surface area contributed by atoms with Gasteiger partial charge in [-0.25, -0.2) is 4.39 Å². The van der Waals surface area contributed by atoms with Gasteiger partial charge in [-0.05, 0) is 55.8 Å². The number of hydrogen-bond donors (Lipinski definition) is 3. The summed E-state index contributed by atoms with van der Waals surface area (Å²) >= 11 is 0. The fourth-order valence-electron chi connectivity index (χ4n) is 5.73. The largest absolute Gasteiger partial charge is 0.396 e. The highest BCUT2D eigenvalue weighted by atomic mass is 19.1. The van der Waals surface area contributed by atoms with E-state index in [9.17, 15) is 19.1 Å².